The maximum atomic E-state index is 13.2. The van der Waals surface area contributed by atoms with Crippen LogP contribution in [0.1, 0.15) is 65.1 Å². The van der Waals surface area contributed by atoms with E-state index in [2.05, 4.69) is 41.3 Å². The Morgan fingerprint density at radius 1 is 1.14 bits per heavy atom. The Bertz CT molecular complexity index is 1410. The number of aromatic nitrogens is 3. The Kier molecular flexibility index (Phi) is 10.5. The third kappa shape index (κ3) is 9.58. The van der Waals surface area contributed by atoms with Crippen molar-refractivity contribution in [2.45, 2.75) is 71.7 Å². The minimum Gasteiger partial charge on any atom is -0.444 e. The van der Waals surface area contributed by atoms with E-state index in [0.29, 0.717) is 30.1 Å². The molecule has 1 aliphatic heterocycles. The summed E-state index contributed by atoms with van der Waals surface area (Å²) in [6, 6.07) is 5.13. The minimum absolute atomic E-state index is 0.0665. The molecule has 0 aliphatic carbocycles. The van der Waals surface area contributed by atoms with Crippen molar-refractivity contribution < 1.29 is 14.3 Å². The zero-order valence-corrected chi connectivity index (χ0v) is 25.7. The van der Waals surface area contributed by atoms with Crippen molar-refractivity contribution in [3.05, 3.63) is 59.4 Å². The Morgan fingerprint density at radius 3 is 2.51 bits per heavy atom. The summed E-state index contributed by atoms with van der Waals surface area (Å²) in [7, 11) is 1.72. The number of ether oxygens (including phenoxy) is 1. The first kappa shape index (κ1) is 32.6. The molecular weight excluding hydrogens is 550 g/mol. The van der Waals surface area contributed by atoms with Gasteiger partial charge in [0.2, 0.25) is 5.95 Å². The van der Waals surface area contributed by atoms with Gasteiger partial charge in [-0.15, -0.1) is 0 Å². The number of hydrogen-bond acceptors (Lipinski definition) is 12. The molecule has 2 amide bonds. The van der Waals surface area contributed by atoms with Gasteiger partial charge in [-0.2, -0.15) is 10.1 Å². The molecule has 230 valence electrons. The van der Waals surface area contributed by atoms with E-state index in [1.165, 1.54) is 12.5 Å². The van der Waals surface area contributed by atoms with Crippen LogP contribution in [0.15, 0.2) is 53.4 Å². The zero-order chi connectivity index (χ0) is 31.8. The largest absolute Gasteiger partial charge is 0.444 e. The van der Waals surface area contributed by atoms with Crippen molar-refractivity contribution in [1.29, 1.82) is 10.9 Å². The highest BCUT2D eigenvalue weighted by molar-refractivity contribution is 5.93. The number of nitrogens with one attached hydrogen (secondary N) is 6. The van der Waals surface area contributed by atoms with Gasteiger partial charge in [-0.3, -0.25) is 4.79 Å². The molecule has 1 unspecified atom stereocenters. The molecular formula is C29H41N11O3. The molecule has 1 atom stereocenters. The number of fused-ring (bicyclic) bond motifs is 1. The summed E-state index contributed by atoms with van der Waals surface area (Å²) in [6.45, 7) is 11.8. The van der Waals surface area contributed by atoms with Gasteiger partial charge in [0, 0.05) is 49.9 Å². The maximum Gasteiger partial charge on any atom is 0.410 e. The number of nitrogens with zero attached hydrogens (tertiary/aromatic N) is 5. The van der Waals surface area contributed by atoms with E-state index in [1.807, 2.05) is 59.7 Å². The van der Waals surface area contributed by atoms with E-state index >= 15 is 0 Å². The fourth-order valence-corrected chi connectivity index (χ4v) is 4.14. The number of rotatable bonds is 9. The van der Waals surface area contributed by atoms with Gasteiger partial charge < -0.3 is 36.3 Å². The van der Waals surface area contributed by atoms with E-state index in [-0.39, 0.29) is 23.7 Å². The monoisotopic (exact) mass is 591 g/mol. The molecule has 43 heavy (non-hydrogen) atoms. The number of hydrogen-bond donors (Lipinski definition) is 6. The van der Waals surface area contributed by atoms with Gasteiger partial charge in [-0.25, -0.2) is 20.3 Å². The second-order valence-electron chi connectivity index (χ2n) is 12.0. The standard InChI is InChI=1S/C29H41N11O3/c1-28(2,3)35-15-23(39-31)25(41)37-22-10-11-40(27(42)43-29(4,5)6)16-19-12-18(8-9-21(19)22)24-33-17-34-26(38-24)36-20(13-30)14-32-7/h8-9,12-15,17,22,30-32,35H,10-11,16H2,1-7H3,(H,37,41)(H,33,34,36,38)/b20-14+,23-15-,30-13?,39-31?. The number of anilines is 1. The molecule has 14 heteroatoms. The van der Waals surface area contributed by atoms with Gasteiger partial charge in [0.1, 0.15) is 11.9 Å². The zero-order valence-electron chi connectivity index (χ0n) is 25.7. The van der Waals surface area contributed by atoms with Gasteiger partial charge in [0.05, 0.1) is 11.7 Å². The lowest BCUT2D eigenvalue weighted by Crippen LogP contribution is -2.37. The van der Waals surface area contributed by atoms with Crippen molar-refractivity contribution in [2.75, 3.05) is 18.9 Å². The summed E-state index contributed by atoms with van der Waals surface area (Å²) < 4.78 is 5.65. The molecule has 0 spiro atoms. The molecule has 0 saturated heterocycles. The lowest BCUT2D eigenvalue weighted by Gasteiger charge is -2.26. The fourth-order valence-electron chi connectivity index (χ4n) is 4.14. The van der Waals surface area contributed by atoms with Crippen LogP contribution in [0.3, 0.4) is 0 Å². The summed E-state index contributed by atoms with van der Waals surface area (Å²) in [5.74, 6) is 0.129. The molecule has 2 heterocycles. The third-order valence-electron chi connectivity index (χ3n) is 6.06. The molecule has 0 radical (unpaired) electrons. The molecule has 14 nitrogen and oxygen atoms in total. The van der Waals surface area contributed by atoms with E-state index in [0.717, 1.165) is 17.3 Å². The number of carbonyl (C=O) groups excluding carboxylic acids is 2. The summed E-state index contributed by atoms with van der Waals surface area (Å²) in [5, 5.41) is 22.9. The summed E-state index contributed by atoms with van der Waals surface area (Å²) in [4.78, 5) is 40.9. The highest BCUT2D eigenvalue weighted by Crippen LogP contribution is 2.31. The van der Waals surface area contributed by atoms with Crippen LogP contribution < -0.4 is 21.3 Å². The van der Waals surface area contributed by atoms with E-state index in [9.17, 15) is 9.59 Å². The van der Waals surface area contributed by atoms with Crippen LogP contribution in [0.2, 0.25) is 0 Å². The first-order valence-electron chi connectivity index (χ1n) is 13.8. The van der Waals surface area contributed by atoms with E-state index < -0.39 is 23.6 Å². The van der Waals surface area contributed by atoms with Crippen molar-refractivity contribution in [3.8, 4) is 11.4 Å². The van der Waals surface area contributed by atoms with Crippen molar-refractivity contribution in [3.63, 3.8) is 0 Å². The van der Waals surface area contributed by atoms with Gasteiger partial charge >= 0.3 is 6.09 Å². The summed E-state index contributed by atoms with van der Waals surface area (Å²) in [5.41, 5.74) is 9.19. The minimum atomic E-state index is -0.678. The van der Waals surface area contributed by atoms with Gasteiger partial charge in [-0.1, -0.05) is 12.1 Å². The molecule has 1 aromatic heterocycles. The van der Waals surface area contributed by atoms with E-state index in [4.69, 9.17) is 15.7 Å². The van der Waals surface area contributed by atoms with Crippen LogP contribution in [0.4, 0.5) is 10.7 Å². The topological polar surface area (TPSA) is 193 Å². The molecule has 2 aromatic rings. The second kappa shape index (κ2) is 13.9. The van der Waals surface area contributed by atoms with Crippen molar-refractivity contribution in [2.24, 2.45) is 5.11 Å². The van der Waals surface area contributed by atoms with E-state index in [1.54, 1.807) is 18.1 Å². The maximum absolute atomic E-state index is 13.2. The van der Waals surface area contributed by atoms with Crippen LogP contribution in [-0.2, 0) is 16.1 Å². The second-order valence-corrected chi connectivity index (χ2v) is 12.0. The molecule has 0 saturated carbocycles. The number of allylic oxidation sites excluding steroid dienone is 1. The van der Waals surface area contributed by atoms with Crippen LogP contribution in [-0.4, -0.2) is 62.8 Å². The average molecular weight is 592 g/mol. The molecule has 3 rings (SSSR count). The predicted octanol–water partition coefficient (Wildman–Crippen LogP) is 4.22. The molecule has 0 fully saturated rings. The smallest absolute Gasteiger partial charge is 0.410 e. The molecule has 0 bridgehead atoms. The van der Waals surface area contributed by atoms with Crippen LogP contribution in [0.25, 0.3) is 11.4 Å². The van der Waals surface area contributed by atoms with Gasteiger partial charge in [0.25, 0.3) is 5.91 Å². The number of carbonyl (C=O) groups is 2. The van der Waals surface area contributed by atoms with Gasteiger partial charge in [-0.05, 0) is 65.2 Å². The molecule has 1 aliphatic rings. The average Bonchev–Trinajstić information content (AvgIpc) is 3.11. The Labute approximate surface area is 251 Å². The SMILES string of the molecule is CN/C=C(\C=N)Nc1ncnc(-c2ccc3c(c2)CN(C(=O)OC(C)(C)C)CCC3NC(=O)/C(=C/NC(C)(C)C)N=N)n1. The fraction of sp³-hybridized carbons (Fsp3) is 0.448. The van der Waals surface area contributed by atoms with Crippen LogP contribution >= 0.6 is 0 Å². The molecule has 6 N–H and O–H groups in total. The summed E-state index contributed by atoms with van der Waals surface area (Å²) >= 11 is 0. The lowest BCUT2D eigenvalue weighted by molar-refractivity contribution is -0.118. The summed E-state index contributed by atoms with van der Waals surface area (Å²) in [6.07, 6.45) is 5.49. The highest BCUT2D eigenvalue weighted by atomic mass is 16.6. The van der Waals surface area contributed by atoms with Gasteiger partial charge in [0.15, 0.2) is 11.5 Å². The van der Waals surface area contributed by atoms with Crippen LogP contribution in [0, 0.1) is 10.9 Å². The highest BCUT2D eigenvalue weighted by Gasteiger charge is 2.30. The predicted molar refractivity (Wildman–Crippen MR) is 163 cm³/mol. The Balaban J connectivity index is 1.99. The Hall–Kier alpha value is -4.88. The van der Waals surface area contributed by atoms with Crippen LogP contribution in [0.5, 0.6) is 0 Å². The lowest BCUT2D eigenvalue weighted by atomic mass is 9.96. The molecule has 1 aromatic carbocycles. The Morgan fingerprint density at radius 2 is 1.88 bits per heavy atom. The first-order valence-corrected chi connectivity index (χ1v) is 13.8. The quantitative estimate of drug-likeness (QED) is 0.141. The first-order chi connectivity index (χ1) is 20.2. The third-order valence-corrected chi connectivity index (χ3v) is 6.06. The van der Waals surface area contributed by atoms with Crippen molar-refractivity contribution >= 4 is 24.2 Å². The normalized spacial score (nSPS) is 15.9. The van der Waals surface area contributed by atoms with Crippen molar-refractivity contribution in [1.82, 2.24) is 35.8 Å². The number of benzene rings is 1. The number of amides is 2.